The first kappa shape index (κ1) is 28.2. The minimum absolute atomic E-state index is 0.202. The van der Waals surface area contributed by atoms with Crippen molar-refractivity contribution in [3.8, 4) is 11.5 Å². The normalized spacial score (nSPS) is 10.9. The van der Waals surface area contributed by atoms with Gasteiger partial charge in [-0.25, -0.2) is 0 Å². The summed E-state index contributed by atoms with van der Waals surface area (Å²) in [6.45, 7) is 1.63. The molecule has 36 heavy (non-hydrogen) atoms. The van der Waals surface area contributed by atoms with Gasteiger partial charge in [0.05, 0.1) is 0 Å². The molecule has 3 aromatic carbocycles. The van der Waals surface area contributed by atoms with Gasteiger partial charge < -0.3 is 19.4 Å². The van der Waals surface area contributed by atoms with Crippen molar-refractivity contribution < 1.29 is 14.3 Å². The molecule has 0 aromatic heterocycles. The largest absolute Gasteiger partial charge is 0.457 e. The van der Waals surface area contributed by atoms with E-state index in [2.05, 4.69) is 31.9 Å². The molecule has 0 saturated heterocycles. The Balaban J connectivity index is 1.76. The average Bonchev–Trinajstić information content (AvgIpc) is 2.83. The lowest BCUT2D eigenvalue weighted by molar-refractivity contribution is -0.151. The highest BCUT2D eigenvalue weighted by molar-refractivity contribution is 9.10. The van der Waals surface area contributed by atoms with E-state index in [9.17, 15) is 9.59 Å². The van der Waals surface area contributed by atoms with Crippen LogP contribution in [0.3, 0.4) is 0 Å². The Morgan fingerprint density at radius 1 is 0.833 bits per heavy atom. The van der Waals surface area contributed by atoms with Crippen LogP contribution in [0.5, 0.6) is 11.5 Å². The molecule has 0 radical (unpaired) electrons. The van der Waals surface area contributed by atoms with Gasteiger partial charge in [-0.15, -0.1) is 0 Å². The van der Waals surface area contributed by atoms with Crippen LogP contribution < -0.4 is 4.74 Å². The molecular weight excluding hydrogens is 610 g/mol. The van der Waals surface area contributed by atoms with E-state index in [0.29, 0.717) is 36.2 Å². The Hall–Kier alpha value is -2.39. The van der Waals surface area contributed by atoms with Crippen LogP contribution in [0.2, 0.25) is 5.02 Å². The van der Waals surface area contributed by atoms with E-state index >= 15 is 0 Å². The topological polar surface area (TPSA) is 53.1 Å². The number of carbonyl (C=O) groups excluding carboxylic acids is 2. The molecule has 3 aromatic rings. The summed E-state index contributed by atoms with van der Waals surface area (Å²) in [6, 6.07) is 20.4. The lowest BCUT2D eigenvalue weighted by Crippen LogP contribution is -2.45. The number of carbonyl (C=O) groups is 2. The van der Waals surface area contributed by atoms with Gasteiger partial charge in [0, 0.05) is 52.8 Å². The Morgan fingerprint density at radius 3 is 2.19 bits per heavy atom. The molecule has 0 bridgehead atoms. The number of likely N-dealkylation sites (N-methyl/N-ethyl adjacent to an activating group) is 2. The predicted octanol–water partition coefficient (Wildman–Crippen LogP) is 6.21. The van der Waals surface area contributed by atoms with Gasteiger partial charge in [0.1, 0.15) is 11.5 Å². The SMILES string of the molecule is CN(C)CCN(Cc1ccc(Br)cc1)C(=O)C(=O)N(C)Cc1ccc(Br)cc1Oc1cccc(Cl)c1. The molecule has 9 heteroatoms. The maximum Gasteiger partial charge on any atom is 0.312 e. The molecule has 0 aliphatic heterocycles. The van der Waals surface area contributed by atoms with Crippen LogP contribution >= 0.6 is 43.5 Å². The molecule has 0 unspecified atom stereocenters. The maximum atomic E-state index is 13.3. The smallest absolute Gasteiger partial charge is 0.312 e. The molecule has 0 N–H and O–H groups in total. The number of ether oxygens (including phenoxy) is 1. The van der Waals surface area contributed by atoms with Crippen LogP contribution in [0.15, 0.2) is 75.7 Å². The average molecular weight is 638 g/mol. The van der Waals surface area contributed by atoms with Gasteiger partial charge in [-0.3, -0.25) is 9.59 Å². The van der Waals surface area contributed by atoms with Crippen molar-refractivity contribution in [3.63, 3.8) is 0 Å². The van der Waals surface area contributed by atoms with E-state index in [1.165, 1.54) is 4.90 Å². The van der Waals surface area contributed by atoms with E-state index in [-0.39, 0.29) is 6.54 Å². The fourth-order valence-electron chi connectivity index (χ4n) is 3.42. The van der Waals surface area contributed by atoms with Crippen LogP contribution in [0, 0.1) is 0 Å². The van der Waals surface area contributed by atoms with E-state index in [4.69, 9.17) is 16.3 Å². The number of hydrogen-bond acceptors (Lipinski definition) is 4. The zero-order valence-corrected chi connectivity index (χ0v) is 24.3. The second-order valence-corrected chi connectivity index (χ2v) is 10.9. The zero-order valence-electron chi connectivity index (χ0n) is 20.4. The molecule has 0 aliphatic carbocycles. The summed E-state index contributed by atoms with van der Waals surface area (Å²) in [6.07, 6.45) is 0. The second-order valence-electron chi connectivity index (χ2n) is 8.63. The first-order chi connectivity index (χ1) is 17.1. The Labute approximate surface area is 234 Å². The van der Waals surface area contributed by atoms with Crippen LogP contribution in [0.25, 0.3) is 0 Å². The molecule has 0 atom stereocenters. The quantitative estimate of drug-likeness (QED) is 0.262. The van der Waals surface area contributed by atoms with Gasteiger partial charge in [0.25, 0.3) is 0 Å². The molecule has 6 nitrogen and oxygen atoms in total. The van der Waals surface area contributed by atoms with E-state index < -0.39 is 11.8 Å². The summed E-state index contributed by atoms with van der Waals surface area (Å²) < 4.78 is 7.84. The van der Waals surface area contributed by atoms with Gasteiger partial charge in [-0.2, -0.15) is 0 Å². The third-order valence-corrected chi connectivity index (χ3v) is 6.64. The molecule has 0 heterocycles. The molecule has 0 spiro atoms. The van der Waals surface area contributed by atoms with Crippen LogP contribution in [-0.2, 0) is 22.7 Å². The van der Waals surface area contributed by atoms with Crippen molar-refractivity contribution in [3.05, 3.63) is 91.8 Å². The lowest BCUT2D eigenvalue weighted by Gasteiger charge is -2.26. The zero-order chi connectivity index (χ0) is 26.2. The van der Waals surface area contributed by atoms with Crippen LogP contribution in [-0.4, -0.2) is 60.7 Å². The van der Waals surface area contributed by atoms with Crippen LogP contribution in [0.4, 0.5) is 0 Å². The van der Waals surface area contributed by atoms with Gasteiger partial charge in [-0.05, 0) is 62.1 Å². The molecule has 0 fully saturated rings. The Bertz CT molecular complexity index is 1210. The number of rotatable bonds is 9. The van der Waals surface area contributed by atoms with Gasteiger partial charge in [0.2, 0.25) is 0 Å². The molecular formula is C27H28Br2ClN3O3. The van der Waals surface area contributed by atoms with Gasteiger partial charge in [-0.1, -0.05) is 67.7 Å². The van der Waals surface area contributed by atoms with Crippen LogP contribution in [0.1, 0.15) is 11.1 Å². The third kappa shape index (κ3) is 8.34. The van der Waals surface area contributed by atoms with Crippen molar-refractivity contribution in [1.82, 2.24) is 14.7 Å². The second kappa shape index (κ2) is 13.2. The highest BCUT2D eigenvalue weighted by Gasteiger charge is 2.26. The predicted molar refractivity (Wildman–Crippen MR) is 150 cm³/mol. The minimum Gasteiger partial charge on any atom is -0.457 e. The van der Waals surface area contributed by atoms with Gasteiger partial charge in [0.15, 0.2) is 0 Å². The highest BCUT2D eigenvalue weighted by atomic mass is 79.9. The fraction of sp³-hybridized carbons (Fsp3) is 0.259. The minimum atomic E-state index is -0.581. The summed E-state index contributed by atoms with van der Waals surface area (Å²) in [5.41, 5.74) is 1.71. The van der Waals surface area contributed by atoms with Crippen molar-refractivity contribution in [2.24, 2.45) is 0 Å². The first-order valence-corrected chi connectivity index (χ1v) is 13.2. The van der Waals surface area contributed by atoms with Crippen molar-refractivity contribution >= 4 is 55.3 Å². The Morgan fingerprint density at radius 2 is 1.53 bits per heavy atom. The molecule has 3 rings (SSSR count). The number of halogens is 3. The summed E-state index contributed by atoms with van der Waals surface area (Å²) in [5, 5.41) is 0.561. The summed E-state index contributed by atoms with van der Waals surface area (Å²) >= 11 is 13.0. The number of benzene rings is 3. The first-order valence-electron chi connectivity index (χ1n) is 11.3. The Kier molecular flexibility index (Phi) is 10.4. The van der Waals surface area contributed by atoms with Crippen molar-refractivity contribution in [1.29, 1.82) is 0 Å². The summed E-state index contributed by atoms with van der Waals surface area (Å²) in [4.78, 5) is 31.5. The standard InChI is InChI=1S/C27H28Br2ClN3O3/c1-31(2)13-14-33(17-19-7-10-21(28)11-8-19)27(35)26(34)32(3)18-20-9-12-22(29)15-25(20)36-24-6-4-5-23(30)16-24/h4-12,15-16H,13-14,17-18H2,1-3H3. The van der Waals surface area contributed by atoms with Crippen molar-refractivity contribution in [2.75, 3.05) is 34.2 Å². The lowest BCUT2D eigenvalue weighted by atomic mass is 10.1. The summed E-state index contributed by atoms with van der Waals surface area (Å²) in [7, 11) is 5.49. The van der Waals surface area contributed by atoms with Gasteiger partial charge >= 0.3 is 11.8 Å². The molecule has 0 aliphatic rings. The van der Waals surface area contributed by atoms with E-state index in [0.717, 1.165) is 20.1 Å². The molecule has 190 valence electrons. The van der Waals surface area contributed by atoms with E-state index in [1.807, 2.05) is 61.5 Å². The molecule has 0 saturated carbocycles. The maximum absolute atomic E-state index is 13.3. The summed E-state index contributed by atoms with van der Waals surface area (Å²) in [5.74, 6) is 0.0218. The fourth-order valence-corrected chi connectivity index (χ4v) is 4.21. The number of hydrogen-bond donors (Lipinski definition) is 0. The number of amides is 2. The highest BCUT2D eigenvalue weighted by Crippen LogP contribution is 2.30. The van der Waals surface area contributed by atoms with Crippen molar-refractivity contribution in [2.45, 2.75) is 13.1 Å². The third-order valence-electron chi connectivity index (χ3n) is 5.38. The van der Waals surface area contributed by atoms with E-state index in [1.54, 1.807) is 36.2 Å². The number of nitrogens with zero attached hydrogens (tertiary/aromatic N) is 3. The molecule has 2 amide bonds. The monoisotopic (exact) mass is 635 g/mol.